The molecule has 0 radical (unpaired) electrons. The smallest absolute Gasteiger partial charge is 0.347 e. The van der Waals surface area contributed by atoms with Crippen molar-refractivity contribution in [1.29, 1.82) is 0 Å². The normalized spacial score (nSPS) is 10.6. The minimum Gasteiger partial charge on any atom is -0.508 e. The SMILES string of the molecule is C=C(O)c1cc2ccc(N(CC)CC)cc2oc1=O. The predicted octanol–water partition coefficient (Wildman–Crippen LogP) is 3.17. The van der Waals surface area contributed by atoms with Crippen LogP contribution in [0.5, 0.6) is 0 Å². The largest absolute Gasteiger partial charge is 0.508 e. The minimum absolute atomic E-state index is 0.100. The van der Waals surface area contributed by atoms with Gasteiger partial charge in [0.05, 0.1) is 0 Å². The topological polar surface area (TPSA) is 53.7 Å². The Bertz CT molecular complexity index is 669. The molecule has 0 saturated carbocycles. The van der Waals surface area contributed by atoms with E-state index in [2.05, 4.69) is 25.3 Å². The average Bonchev–Trinajstić information content (AvgIpc) is 2.38. The highest BCUT2D eigenvalue weighted by molar-refractivity contribution is 5.82. The van der Waals surface area contributed by atoms with Gasteiger partial charge in [-0.15, -0.1) is 0 Å². The van der Waals surface area contributed by atoms with Gasteiger partial charge < -0.3 is 14.4 Å². The maximum atomic E-state index is 11.7. The van der Waals surface area contributed by atoms with Crippen LogP contribution >= 0.6 is 0 Å². The van der Waals surface area contributed by atoms with Crippen molar-refractivity contribution in [3.63, 3.8) is 0 Å². The lowest BCUT2D eigenvalue weighted by atomic mass is 10.1. The average molecular weight is 259 g/mol. The predicted molar refractivity (Wildman–Crippen MR) is 77.7 cm³/mol. The first-order valence-corrected chi connectivity index (χ1v) is 6.28. The number of rotatable bonds is 4. The van der Waals surface area contributed by atoms with Gasteiger partial charge in [0, 0.05) is 30.2 Å². The molecule has 4 nitrogen and oxygen atoms in total. The molecule has 0 fully saturated rings. The Morgan fingerprint density at radius 2 is 2.00 bits per heavy atom. The van der Waals surface area contributed by atoms with E-state index in [1.807, 2.05) is 18.2 Å². The highest BCUT2D eigenvalue weighted by atomic mass is 16.4. The third-order valence-corrected chi connectivity index (χ3v) is 3.16. The fraction of sp³-hybridized carbons (Fsp3) is 0.267. The zero-order valence-corrected chi connectivity index (χ0v) is 11.1. The lowest BCUT2D eigenvalue weighted by molar-refractivity contribution is 0.499. The molecule has 0 amide bonds. The molecule has 0 spiro atoms. The van der Waals surface area contributed by atoms with E-state index in [9.17, 15) is 9.90 Å². The van der Waals surface area contributed by atoms with Crippen molar-refractivity contribution in [3.05, 3.63) is 46.8 Å². The van der Waals surface area contributed by atoms with Crippen molar-refractivity contribution >= 4 is 22.4 Å². The van der Waals surface area contributed by atoms with Gasteiger partial charge in [-0.2, -0.15) is 0 Å². The number of anilines is 1. The summed E-state index contributed by atoms with van der Waals surface area (Å²) in [6.07, 6.45) is 0. The standard InChI is InChI=1S/C15H17NO3/c1-4-16(5-2)12-7-6-11-8-13(10(3)17)15(18)19-14(11)9-12/h6-9,17H,3-5H2,1-2H3. The van der Waals surface area contributed by atoms with E-state index < -0.39 is 5.63 Å². The quantitative estimate of drug-likeness (QED) is 0.677. The maximum Gasteiger partial charge on any atom is 0.347 e. The van der Waals surface area contributed by atoms with Crippen molar-refractivity contribution in [3.8, 4) is 0 Å². The molecule has 0 saturated heterocycles. The summed E-state index contributed by atoms with van der Waals surface area (Å²) in [6.45, 7) is 9.27. The van der Waals surface area contributed by atoms with Crippen LogP contribution in [-0.4, -0.2) is 18.2 Å². The summed E-state index contributed by atoms with van der Waals surface area (Å²) < 4.78 is 5.23. The second-order valence-corrected chi connectivity index (χ2v) is 4.29. The van der Waals surface area contributed by atoms with Crippen LogP contribution in [0.2, 0.25) is 0 Å². The van der Waals surface area contributed by atoms with E-state index in [0.717, 1.165) is 24.2 Å². The molecular formula is C15H17NO3. The van der Waals surface area contributed by atoms with Crippen LogP contribution in [0.15, 0.2) is 40.1 Å². The fourth-order valence-electron chi connectivity index (χ4n) is 2.09. The second kappa shape index (κ2) is 5.18. The molecule has 2 aromatic rings. The molecule has 1 heterocycles. The van der Waals surface area contributed by atoms with E-state index in [4.69, 9.17) is 4.42 Å². The highest BCUT2D eigenvalue weighted by Crippen LogP contribution is 2.22. The van der Waals surface area contributed by atoms with E-state index in [0.29, 0.717) is 5.58 Å². The van der Waals surface area contributed by atoms with Crippen molar-refractivity contribution in [2.45, 2.75) is 13.8 Å². The Morgan fingerprint density at radius 1 is 1.32 bits per heavy atom. The molecule has 4 heteroatoms. The zero-order valence-electron chi connectivity index (χ0n) is 11.1. The number of fused-ring (bicyclic) bond motifs is 1. The van der Waals surface area contributed by atoms with Gasteiger partial charge in [0.1, 0.15) is 16.9 Å². The third-order valence-electron chi connectivity index (χ3n) is 3.16. The number of hydrogen-bond donors (Lipinski definition) is 1. The molecule has 0 atom stereocenters. The van der Waals surface area contributed by atoms with Gasteiger partial charge >= 0.3 is 5.63 Å². The van der Waals surface area contributed by atoms with Crippen LogP contribution in [0.4, 0.5) is 5.69 Å². The van der Waals surface area contributed by atoms with Crippen LogP contribution in [0.25, 0.3) is 16.7 Å². The fourth-order valence-corrected chi connectivity index (χ4v) is 2.09. The Labute approximate surface area is 111 Å². The summed E-state index contributed by atoms with van der Waals surface area (Å²) in [5, 5.41) is 10.1. The van der Waals surface area contributed by atoms with Crippen LogP contribution in [0, 0.1) is 0 Å². The lowest BCUT2D eigenvalue weighted by Crippen LogP contribution is -2.21. The van der Waals surface area contributed by atoms with Gasteiger partial charge in [-0.05, 0) is 32.0 Å². The molecule has 0 aliphatic heterocycles. The third kappa shape index (κ3) is 2.47. The Morgan fingerprint density at radius 3 is 2.58 bits per heavy atom. The Hall–Kier alpha value is -2.23. The molecule has 100 valence electrons. The highest BCUT2D eigenvalue weighted by Gasteiger charge is 2.09. The summed E-state index contributed by atoms with van der Waals surface area (Å²) >= 11 is 0. The van der Waals surface area contributed by atoms with Gasteiger partial charge in [0.2, 0.25) is 0 Å². The van der Waals surface area contributed by atoms with Crippen molar-refractivity contribution < 1.29 is 9.52 Å². The molecule has 1 aromatic heterocycles. The second-order valence-electron chi connectivity index (χ2n) is 4.29. The first-order valence-electron chi connectivity index (χ1n) is 6.28. The summed E-state index contributed by atoms with van der Waals surface area (Å²) in [4.78, 5) is 13.9. The van der Waals surface area contributed by atoms with Gasteiger partial charge in [0.15, 0.2) is 0 Å². The van der Waals surface area contributed by atoms with E-state index >= 15 is 0 Å². The molecule has 0 aliphatic carbocycles. The van der Waals surface area contributed by atoms with Crippen LogP contribution in [-0.2, 0) is 0 Å². The zero-order chi connectivity index (χ0) is 14.0. The van der Waals surface area contributed by atoms with Gasteiger partial charge in [0.25, 0.3) is 0 Å². The number of nitrogens with zero attached hydrogens (tertiary/aromatic N) is 1. The summed E-state index contributed by atoms with van der Waals surface area (Å²) in [5.41, 5.74) is 1.05. The lowest BCUT2D eigenvalue weighted by Gasteiger charge is -2.20. The van der Waals surface area contributed by atoms with Crippen molar-refractivity contribution in [2.75, 3.05) is 18.0 Å². The Balaban J connectivity index is 2.59. The van der Waals surface area contributed by atoms with E-state index in [1.165, 1.54) is 0 Å². The first kappa shape index (κ1) is 13.2. The molecule has 2 rings (SSSR count). The monoisotopic (exact) mass is 259 g/mol. The van der Waals surface area contributed by atoms with E-state index in [1.54, 1.807) is 6.07 Å². The molecule has 1 aromatic carbocycles. The molecule has 1 N–H and O–H groups in total. The van der Waals surface area contributed by atoms with Gasteiger partial charge in [-0.25, -0.2) is 4.79 Å². The summed E-state index contributed by atoms with van der Waals surface area (Å²) in [7, 11) is 0. The molecule has 19 heavy (non-hydrogen) atoms. The maximum absolute atomic E-state index is 11.7. The minimum atomic E-state index is -0.573. The molecular weight excluding hydrogens is 242 g/mol. The molecule has 0 unspecified atom stereocenters. The molecule has 0 bridgehead atoms. The van der Waals surface area contributed by atoms with Crippen LogP contribution < -0.4 is 10.5 Å². The number of aliphatic hydroxyl groups excluding tert-OH is 1. The number of hydrogen-bond acceptors (Lipinski definition) is 4. The summed E-state index contributed by atoms with van der Waals surface area (Å²) in [5.74, 6) is -0.275. The summed E-state index contributed by atoms with van der Waals surface area (Å²) in [6, 6.07) is 7.28. The van der Waals surface area contributed by atoms with Crippen molar-refractivity contribution in [2.24, 2.45) is 0 Å². The number of benzene rings is 1. The van der Waals surface area contributed by atoms with Crippen molar-refractivity contribution in [1.82, 2.24) is 0 Å². The van der Waals surface area contributed by atoms with Gasteiger partial charge in [-0.1, -0.05) is 6.58 Å². The van der Waals surface area contributed by atoms with Crippen LogP contribution in [0.1, 0.15) is 19.4 Å². The molecule has 0 aliphatic rings. The first-order chi connectivity index (χ1) is 9.06. The van der Waals surface area contributed by atoms with Crippen LogP contribution in [0.3, 0.4) is 0 Å². The van der Waals surface area contributed by atoms with E-state index in [-0.39, 0.29) is 11.3 Å². The Kier molecular flexibility index (Phi) is 3.60. The number of aliphatic hydroxyl groups is 1. The van der Waals surface area contributed by atoms with Gasteiger partial charge in [-0.3, -0.25) is 0 Å².